The van der Waals surface area contributed by atoms with Gasteiger partial charge in [0.25, 0.3) is 12.3 Å². The highest BCUT2D eigenvalue weighted by molar-refractivity contribution is 9.11. The summed E-state index contributed by atoms with van der Waals surface area (Å²) in [4.78, 5) is 4.17. The number of halogens is 4. The fourth-order valence-corrected chi connectivity index (χ4v) is 2.79. The summed E-state index contributed by atoms with van der Waals surface area (Å²) in [5.74, 6) is 0.633. The van der Waals surface area contributed by atoms with Crippen LogP contribution in [0, 0.1) is 0 Å². The molecule has 21 heavy (non-hydrogen) atoms. The van der Waals surface area contributed by atoms with E-state index in [1.807, 2.05) is 0 Å². The van der Waals surface area contributed by atoms with Crippen LogP contribution in [-0.4, -0.2) is 29.8 Å². The summed E-state index contributed by atoms with van der Waals surface area (Å²) in [6.45, 7) is -0.503. The molecule has 1 heterocycles. The third-order valence-corrected chi connectivity index (χ3v) is 3.62. The largest absolute Gasteiger partial charge is 0.397 e. The average molecular weight is 427 g/mol. The minimum Gasteiger partial charge on any atom is -0.397 e. The zero-order chi connectivity index (χ0) is 15.4. The molecular formula is C12H11Br2F2N3O2. The summed E-state index contributed by atoms with van der Waals surface area (Å²) in [6, 6.07) is 3.55. The third kappa shape index (κ3) is 4.45. The topological polar surface area (TPSA) is 74.2 Å². The Balaban J connectivity index is 2.06. The van der Waals surface area contributed by atoms with Crippen molar-refractivity contribution in [2.75, 3.05) is 18.9 Å². The van der Waals surface area contributed by atoms with Crippen molar-refractivity contribution >= 4 is 37.5 Å². The van der Waals surface area contributed by atoms with Crippen molar-refractivity contribution in [1.29, 1.82) is 0 Å². The average Bonchev–Trinajstić information content (AvgIpc) is 2.87. The van der Waals surface area contributed by atoms with Gasteiger partial charge in [0.05, 0.1) is 17.9 Å². The molecule has 2 N–H and O–H groups in total. The third-order valence-electron chi connectivity index (χ3n) is 2.51. The molecule has 0 fully saturated rings. The van der Waals surface area contributed by atoms with Crippen LogP contribution >= 0.6 is 31.9 Å². The number of anilines is 1. The molecule has 0 aliphatic heterocycles. The first kappa shape index (κ1) is 16.3. The second-order valence-electron chi connectivity index (χ2n) is 4.08. The number of rotatable bonds is 6. The first-order chi connectivity index (χ1) is 9.97. The Kier molecular flexibility index (Phi) is 5.65. The molecule has 0 saturated heterocycles. The van der Waals surface area contributed by atoms with Gasteiger partial charge in [-0.2, -0.15) is 4.98 Å². The maximum atomic E-state index is 11.9. The van der Waals surface area contributed by atoms with Crippen LogP contribution in [0.1, 0.15) is 5.82 Å². The molecule has 114 valence electrons. The van der Waals surface area contributed by atoms with E-state index in [4.69, 9.17) is 15.0 Å². The van der Waals surface area contributed by atoms with Crippen LogP contribution < -0.4 is 5.73 Å². The Morgan fingerprint density at radius 2 is 2.10 bits per heavy atom. The van der Waals surface area contributed by atoms with E-state index in [9.17, 15) is 8.78 Å². The highest BCUT2D eigenvalue weighted by Crippen LogP contribution is 2.34. The molecule has 0 bridgehead atoms. The maximum Gasteiger partial charge on any atom is 0.261 e. The fraction of sp³-hybridized carbons (Fsp3) is 0.333. The molecule has 0 radical (unpaired) electrons. The van der Waals surface area contributed by atoms with Gasteiger partial charge in [-0.15, -0.1) is 0 Å². The van der Waals surface area contributed by atoms with E-state index in [1.54, 1.807) is 12.1 Å². The quantitative estimate of drug-likeness (QED) is 0.563. The number of ether oxygens (including phenoxy) is 1. The van der Waals surface area contributed by atoms with Crippen LogP contribution in [0.3, 0.4) is 0 Å². The summed E-state index contributed by atoms with van der Waals surface area (Å²) >= 11 is 6.68. The zero-order valence-corrected chi connectivity index (χ0v) is 13.8. The van der Waals surface area contributed by atoms with Crippen molar-refractivity contribution in [3.8, 4) is 11.5 Å². The monoisotopic (exact) mass is 425 g/mol. The lowest BCUT2D eigenvalue weighted by Crippen LogP contribution is -2.07. The van der Waals surface area contributed by atoms with Gasteiger partial charge in [0.1, 0.15) is 6.61 Å². The molecule has 0 amide bonds. The Morgan fingerprint density at radius 3 is 2.81 bits per heavy atom. The van der Waals surface area contributed by atoms with E-state index >= 15 is 0 Å². The Morgan fingerprint density at radius 1 is 1.33 bits per heavy atom. The van der Waals surface area contributed by atoms with Crippen molar-refractivity contribution in [2.24, 2.45) is 0 Å². The first-order valence-corrected chi connectivity index (χ1v) is 7.49. The van der Waals surface area contributed by atoms with Gasteiger partial charge in [-0.25, -0.2) is 8.78 Å². The first-order valence-electron chi connectivity index (χ1n) is 5.90. The molecule has 5 nitrogen and oxygen atoms in total. The van der Waals surface area contributed by atoms with Crippen molar-refractivity contribution in [2.45, 2.75) is 12.8 Å². The number of hydrogen-bond acceptors (Lipinski definition) is 5. The lowest BCUT2D eigenvalue weighted by molar-refractivity contribution is 0.0182. The van der Waals surface area contributed by atoms with Crippen LogP contribution in [0.2, 0.25) is 0 Å². The molecule has 1 aromatic heterocycles. The van der Waals surface area contributed by atoms with Gasteiger partial charge >= 0.3 is 0 Å². The van der Waals surface area contributed by atoms with Gasteiger partial charge in [0.2, 0.25) is 0 Å². The lowest BCUT2D eigenvalue weighted by atomic mass is 10.2. The summed E-state index contributed by atoms with van der Waals surface area (Å²) < 4.78 is 35.2. The van der Waals surface area contributed by atoms with E-state index in [1.165, 1.54) is 0 Å². The van der Waals surface area contributed by atoms with Gasteiger partial charge in [0, 0.05) is 15.4 Å². The summed E-state index contributed by atoms with van der Waals surface area (Å²) in [5.41, 5.74) is 7.01. The second kappa shape index (κ2) is 7.28. The van der Waals surface area contributed by atoms with Gasteiger partial charge in [-0.05, 0) is 28.1 Å². The number of alkyl halides is 2. The van der Waals surface area contributed by atoms with Crippen molar-refractivity contribution in [3.63, 3.8) is 0 Å². The number of nitrogens with zero attached hydrogens (tertiary/aromatic N) is 2. The van der Waals surface area contributed by atoms with E-state index in [0.717, 1.165) is 4.47 Å². The molecule has 0 unspecified atom stereocenters. The van der Waals surface area contributed by atoms with Crippen molar-refractivity contribution in [1.82, 2.24) is 10.1 Å². The van der Waals surface area contributed by atoms with E-state index < -0.39 is 13.0 Å². The van der Waals surface area contributed by atoms with Crippen LogP contribution in [-0.2, 0) is 11.2 Å². The molecule has 0 aliphatic carbocycles. The molecule has 0 aliphatic rings. The maximum absolute atomic E-state index is 11.9. The summed E-state index contributed by atoms with van der Waals surface area (Å²) in [7, 11) is 0. The number of aromatic nitrogens is 2. The van der Waals surface area contributed by atoms with Gasteiger partial charge in [-0.3, -0.25) is 0 Å². The predicted molar refractivity (Wildman–Crippen MR) is 80.1 cm³/mol. The highest BCUT2D eigenvalue weighted by Gasteiger charge is 2.15. The smallest absolute Gasteiger partial charge is 0.261 e. The van der Waals surface area contributed by atoms with Crippen LogP contribution in [0.15, 0.2) is 25.6 Å². The van der Waals surface area contributed by atoms with Crippen molar-refractivity contribution < 1.29 is 18.0 Å². The minimum absolute atomic E-state index is 0.0982. The van der Waals surface area contributed by atoms with Gasteiger partial charge in [0.15, 0.2) is 5.82 Å². The Hall–Kier alpha value is -1.06. The minimum atomic E-state index is -2.48. The van der Waals surface area contributed by atoms with Gasteiger partial charge in [-0.1, -0.05) is 21.1 Å². The highest BCUT2D eigenvalue weighted by atomic mass is 79.9. The predicted octanol–water partition coefficient (Wildman–Crippen LogP) is 3.67. The molecule has 2 rings (SSSR count). The standard InChI is InChI=1S/C12H11Br2F2N3O2/c13-6-3-7(11(17)8(14)4-6)12-18-10(19-21-12)1-2-20-5-9(15)16/h3-4,9H,1-2,5,17H2. The number of hydrogen-bond donors (Lipinski definition) is 1. The molecule has 2 aromatic rings. The number of benzene rings is 1. The Labute approximate surface area is 136 Å². The summed E-state index contributed by atoms with van der Waals surface area (Å²) in [6.07, 6.45) is -2.20. The van der Waals surface area contributed by atoms with Crippen LogP contribution in [0.25, 0.3) is 11.5 Å². The summed E-state index contributed by atoms with van der Waals surface area (Å²) in [5, 5.41) is 3.77. The van der Waals surface area contributed by atoms with Gasteiger partial charge < -0.3 is 15.0 Å². The van der Waals surface area contributed by atoms with E-state index in [2.05, 4.69) is 42.0 Å². The molecule has 1 aromatic carbocycles. The van der Waals surface area contributed by atoms with E-state index in [0.29, 0.717) is 21.5 Å². The van der Waals surface area contributed by atoms with Crippen LogP contribution in [0.5, 0.6) is 0 Å². The Bertz CT molecular complexity index is 623. The molecule has 9 heteroatoms. The SMILES string of the molecule is Nc1c(Br)cc(Br)cc1-c1nc(CCOCC(F)F)no1. The molecule has 0 saturated carbocycles. The number of nitrogen functional groups attached to an aromatic ring is 1. The fourth-order valence-electron chi connectivity index (χ4n) is 1.56. The number of nitrogens with two attached hydrogens (primary N) is 1. The lowest BCUT2D eigenvalue weighted by Gasteiger charge is -2.04. The normalized spacial score (nSPS) is 11.3. The molecule has 0 spiro atoms. The van der Waals surface area contributed by atoms with Crippen molar-refractivity contribution in [3.05, 3.63) is 26.9 Å². The molecular weight excluding hydrogens is 416 g/mol. The second-order valence-corrected chi connectivity index (χ2v) is 5.85. The van der Waals surface area contributed by atoms with E-state index in [-0.39, 0.29) is 18.9 Å². The zero-order valence-electron chi connectivity index (χ0n) is 10.7. The van der Waals surface area contributed by atoms with Crippen LogP contribution in [0.4, 0.5) is 14.5 Å². The molecule has 0 atom stereocenters.